The predicted octanol–water partition coefficient (Wildman–Crippen LogP) is 3.48. The van der Waals surface area contributed by atoms with Crippen LogP contribution in [0.5, 0.6) is 0 Å². The molecule has 31 heavy (non-hydrogen) atoms. The van der Waals surface area contributed by atoms with E-state index in [1.54, 1.807) is 0 Å². The van der Waals surface area contributed by atoms with Crippen molar-refractivity contribution in [3.63, 3.8) is 0 Å². The van der Waals surface area contributed by atoms with Crippen LogP contribution in [0.1, 0.15) is 26.3 Å². The van der Waals surface area contributed by atoms with Gasteiger partial charge in [-0.25, -0.2) is 9.59 Å². The number of hydrogen-bond donors (Lipinski definition) is 1. The van der Waals surface area contributed by atoms with Gasteiger partial charge in [0.25, 0.3) is 0 Å². The fourth-order valence-electron chi connectivity index (χ4n) is 3.32. The number of rotatable bonds is 7. The molecule has 3 aromatic rings. The summed E-state index contributed by atoms with van der Waals surface area (Å²) in [5, 5.41) is 5.04. The first-order chi connectivity index (χ1) is 14.9. The molecule has 3 aromatic carbocycles. The van der Waals surface area contributed by atoms with Crippen molar-refractivity contribution in [2.24, 2.45) is 0 Å². The lowest BCUT2D eigenvalue weighted by Crippen LogP contribution is -2.30. The molecule has 0 unspecified atom stereocenters. The van der Waals surface area contributed by atoms with Crippen LogP contribution in [0.2, 0.25) is 0 Å². The summed E-state index contributed by atoms with van der Waals surface area (Å²) in [6.07, 6.45) is 0. The molecule has 0 aliphatic rings. The van der Waals surface area contributed by atoms with Gasteiger partial charge in [0, 0.05) is 12.2 Å². The number of carbonyl (C=O) groups is 3. The Labute approximate surface area is 180 Å². The molecule has 0 aliphatic carbocycles. The van der Waals surface area contributed by atoms with Gasteiger partial charge in [-0.1, -0.05) is 36.4 Å². The van der Waals surface area contributed by atoms with Crippen LogP contribution >= 0.6 is 0 Å². The number of carbonyl (C=O) groups excluding carboxylic acids is 3. The fourth-order valence-corrected chi connectivity index (χ4v) is 3.32. The second-order valence-electron chi connectivity index (χ2n) is 7.18. The van der Waals surface area contributed by atoms with Gasteiger partial charge >= 0.3 is 11.9 Å². The molecule has 1 N–H and O–H groups in total. The van der Waals surface area contributed by atoms with Gasteiger partial charge in [-0.3, -0.25) is 9.69 Å². The highest BCUT2D eigenvalue weighted by Crippen LogP contribution is 2.18. The van der Waals surface area contributed by atoms with Crippen molar-refractivity contribution in [2.45, 2.75) is 6.54 Å². The van der Waals surface area contributed by atoms with Crippen molar-refractivity contribution in [1.82, 2.24) is 4.90 Å². The molecule has 0 saturated carbocycles. The first-order valence-electron chi connectivity index (χ1n) is 9.67. The number of amides is 1. The lowest BCUT2D eigenvalue weighted by Gasteiger charge is -2.17. The van der Waals surface area contributed by atoms with Gasteiger partial charge in [0.2, 0.25) is 5.91 Å². The van der Waals surface area contributed by atoms with Crippen LogP contribution in [0.25, 0.3) is 10.8 Å². The largest absolute Gasteiger partial charge is 0.465 e. The highest BCUT2D eigenvalue weighted by Gasteiger charge is 2.15. The molecule has 0 saturated heterocycles. The van der Waals surface area contributed by atoms with E-state index in [2.05, 4.69) is 29.6 Å². The Morgan fingerprint density at radius 3 is 2.06 bits per heavy atom. The number of methoxy groups -OCH3 is 2. The molecule has 0 aromatic heterocycles. The first kappa shape index (κ1) is 22.0. The van der Waals surface area contributed by atoms with E-state index in [4.69, 9.17) is 9.47 Å². The maximum absolute atomic E-state index is 12.5. The molecule has 1 amide bonds. The summed E-state index contributed by atoms with van der Waals surface area (Å²) in [6.45, 7) is 0.719. The Balaban J connectivity index is 1.68. The number of likely N-dealkylation sites (N-methyl/N-ethyl adjacent to an activating group) is 1. The van der Waals surface area contributed by atoms with Crippen LogP contribution in [-0.2, 0) is 20.8 Å². The zero-order chi connectivity index (χ0) is 22.4. The van der Waals surface area contributed by atoms with E-state index >= 15 is 0 Å². The highest BCUT2D eigenvalue weighted by atomic mass is 16.5. The van der Waals surface area contributed by atoms with Gasteiger partial charge in [-0.05, 0) is 47.6 Å². The van der Waals surface area contributed by atoms with Gasteiger partial charge in [0.15, 0.2) is 0 Å². The second kappa shape index (κ2) is 9.86. The maximum Gasteiger partial charge on any atom is 0.337 e. The molecule has 0 fully saturated rings. The molecule has 0 heterocycles. The number of ether oxygens (including phenoxy) is 2. The van der Waals surface area contributed by atoms with Crippen LogP contribution < -0.4 is 5.32 Å². The number of benzene rings is 3. The average molecular weight is 420 g/mol. The molecule has 160 valence electrons. The molecule has 0 spiro atoms. The quantitative estimate of drug-likeness (QED) is 0.589. The summed E-state index contributed by atoms with van der Waals surface area (Å²) in [5.41, 5.74) is 1.69. The lowest BCUT2D eigenvalue weighted by atomic mass is 10.1. The molecule has 0 bridgehead atoms. The van der Waals surface area contributed by atoms with E-state index in [-0.39, 0.29) is 23.6 Å². The maximum atomic E-state index is 12.5. The van der Waals surface area contributed by atoms with Crippen molar-refractivity contribution in [1.29, 1.82) is 0 Å². The zero-order valence-corrected chi connectivity index (χ0v) is 17.7. The van der Waals surface area contributed by atoms with Gasteiger partial charge in [0.1, 0.15) is 0 Å². The standard InChI is InChI=1S/C24H24N2O5/c1-26(14-16-8-9-17-6-4-5-7-18(17)10-16)15-22(27)25-21-12-19(23(28)30-2)11-20(13-21)24(29)31-3/h4-13H,14-15H2,1-3H3,(H,25,27). The number of nitrogens with zero attached hydrogens (tertiary/aromatic N) is 1. The smallest absolute Gasteiger partial charge is 0.337 e. The second-order valence-corrected chi connectivity index (χ2v) is 7.18. The van der Waals surface area contributed by atoms with Crippen molar-refractivity contribution in [2.75, 3.05) is 33.1 Å². The Kier molecular flexibility index (Phi) is 6.99. The predicted molar refractivity (Wildman–Crippen MR) is 118 cm³/mol. The van der Waals surface area contributed by atoms with Gasteiger partial charge in [-0.2, -0.15) is 0 Å². The van der Waals surface area contributed by atoms with Crippen molar-refractivity contribution in [3.05, 3.63) is 77.4 Å². The molecular weight excluding hydrogens is 396 g/mol. The van der Waals surface area contributed by atoms with Crippen molar-refractivity contribution in [3.8, 4) is 0 Å². The van der Waals surface area contributed by atoms with Crippen LogP contribution in [0.3, 0.4) is 0 Å². The monoisotopic (exact) mass is 420 g/mol. The Morgan fingerprint density at radius 2 is 1.45 bits per heavy atom. The first-order valence-corrected chi connectivity index (χ1v) is 9.67. The summed E-state index contributed by atoms with van der Waals surface area (Å²) in [6, 6.07) is 18.6. The average Bonchev–Trinajstić information content (AvgIpc) is 2.77. The van der Waals surface area contributed by atoms with E-state index in [0.29, 0.717) is 12.2 Å². The van der Waals surface area contributed by atoms with Crippen LogP contribution in [0.15, 0.2) is 60.7 Å². The van der Waals surface area contributed by atoms with E-state index in [0.717, 1.165) is 10.9 Å². The fraction of sp³-hybridized carbons (Fsp3) is 0.208. The summed E-state index contributed by atoms with van der Waals surface area (Å²) < 4.78 is 9.43. The van der Waals surface area contributed by atoms with E-state index in [1.807, 2.05) is 30.1 Å². The molecule has 0 aliphatic heterocycles. The van der Waals surface area contributed by atoms with Crippen molar-refractivity contribution >= 4 is 34.3 Å². The van der Waals surface area contributed by atoms with E-state index in [9.17, 15) is 14.4 Å². The molecular formula is C24H24N2O5. The number of esters is 2. The van der Waals surface area contributed by atoms with Gasteiger partial charge < -0.3 is 14.8 Å². The zero-order valence-electron chi connectivity index (χ0n) is 17.7. The Bertz CT molecular complexity index is 1090. The Hall–Kier alpha value is -3.71. The summed E-state index contributed by atoms with van der Waals surface area (Å²) in [4.78, 5) is 38.2. The van der Waals surface area contributed by atoms with Crippen molar-refractivity contribution < 1.29 is 23.9 Å². The minimum atomic E-state index is -0.616. The van der Waals surface area contributed by atoms with Gasteiger partial charge in [-0.15, -0.1) is 0 Å². The normalized spacial score (nSPS) is 10.7. The molecule has 0 atom stereocenters. The summed E-state index contributed by atoms with van der Waals surface area (Å²) in [7, 11) is 4.33. The summed E-state index contributed by atoms with van der Waals surface area (Å²) in [5.74, 6) is -1.51. The van der Waals surface area contributed by atoms with Gasteiger partial charge in [0.05, 0.1) is 31.9 Å². The topological polar surface area (TPSA) is 84.9 Å². The number of nitrogens with one attached hydrogen (secondary N) is 1. The minimum absolute atomic E-state index is 0.128. The number of hydrogen-bond acceptors (Lipinski definition) is 6. The number of fused-ring (bicyclic) bond motifs is 1. The third-order valence-electron chi connectivity index (χ3n) is 4.74. The molecule has 7 nitrogen and oxygen atoms in total. The minimum Gasteiger partial charge on any atom is -0.465 e. The number of anilines is 1. The molecule has 3 rings (SSSR count). The third kappa shape index (κ3) is 5.67. The SMILES string of the molecule is COC(=O)c1cc(NC(=O)CN(C)Cc2ccc3ccccc3c2)cc(C(=O)OC)c1. The molecule has 7 heteroatoms. The third-order valence-corrected chi connectivity index (χ3v) is 4.74. The van der Waals surface area contributed by atoms with Crippen LogP contribution in [0, 0.1) is 0 Å². The lowest BCUT2D eigenvalue weighted by molar-refractivity contribution is -0.117. The van der Waals surface area contributed by atoms with E-state index < -0.39 is 11.9 Å². The van der Waals surface area contributed by atoms with Crippen LogP contribution in [-0.4, -0.2) is 50.6 Å². The molecule has 0 radical (unpaired) electrons. The van der Waals surface area contributed by atoms with E-state index in [1.165, 1.54) is 37.8 Å². The highest BCUT2D eigenvalue weighted by molar-refractivity contribution is 5.99. The summed E-state index contributed by atoms with van der Waals surface area (Å²) >= 11 is 0. The Morgan fingerprint density at radius 1 is 0.839 bits per heavy atom. The van der Waals surface area contributed by atoms with Crippen LogP contribution in [0.4, 0.5) is 5.69 Å².